The Balaban J connectivity index is 1.63. The third-order valence-electron chi connectivity index (χ3n) is 5.88. The maximum atomic E-state index is 13.5. The lowest BCUT2D eigenvalue weighted by molar-refractivity contribution is -0.145. The first-order valence-corrected chi connectivity index (χ1v) is 14.2. The molecule has 4 rings (SSSR count). The van der Waals surface area contributed by atoms with Gasteiger partial charge in [-0.2, -0.15) is 13.2 Å². The summed E-state index contributed by atoms with van der Waals surface area (Å²) in [5, 5.41) is 3.01. The smallest absolute Gasteiger partial charge is 0.451 e. The van der Waals surface area contributed by atoms with Crippen molar-refractivity contribution in [1.82, 2.24) is 14.7 Å². The highest BCUT2D eigenvalue weighted by molar-refractivity contribution is 7.89. The molecule has 0 spiro atoms. The maximum absolute atomic E-state index is 13.5. The molecule has 43 heavy (non-hydrogen) atoms. The molecule has 0 saturated heterocycles. The molecule has 4 aromatic rings. The van der Waals surface area contributed by atoms with Crippen molar-refractivity contribution < 1.29 is 40.6 Å². The van der Waals surface area contributed by atoms with E-state index in [4.69, 9.17) is 25.8 Å². The summed E-state index contributed by atoms with van der Waals surface area (Å²) < 4.78 is 84.2. The Labute approximate surface area is 249 Å². The molecule has 1 amide bonds. The number of carbonyl (C=O) groups is 1. The second kappa shape index (κ2) is 13.3. The number of nitrogens with one attached hydrogen (secondary N) is 2. The van der Waals surface area contributed by atoms with Gasteiger partial charge in [0.25, 0.3) is 0 Å². The lowest BCUT2D eigenvalue weighted by Gasteiger charge is -2.16. The molecule has 0 saturated carbocycles. The Morgan fingerprint density at radius 1 is 0.907 bits per heavy atom. The summed E-state index contributed by atoms with van der Waals surface area (Å²) in [5.41, 5.74) is 1.15. The molecule has 226 valence electrons. The first kappa shape index (κ1) is 31.5. The molecule has 15 heteroatoms. The van der Waals surface area contributed by atoms with Crippen molar-refractivity contribution >= 4 is 33.2 Å². The van der Waals surface area contributed by atoms with Gasteiger partial charge in [-0.25, -0.2) is 23.1 Å². The van der Waals surface area contributed by atoms with Gasteiger partial charge in [-0.05, 0) is 35.9 Å². The predicted molar refractivity (Wildman–Crippen MR) is 151 cm³/mol. The van der Waals surface area contributed by atoms with Crippen LogP contribution >= 0.6 is 11.6 Å². The SMILES string of the molecule is COc1ccc(CNS(=O)(=O)c2cc(NC(=O)Cc3ccccc3Cl)ccc2Oc2cnc(C(F)(F)F)nc2)c(OC)c1. The molecular weight excluding hydrogens is 613 g/mol. The first-order valence-electron chi connectivity index (χ1n) is 12.3. The molecular formula is C28H24ClF3N4O6S. The summed E-state index contributed by atoms with van der Waals surface area (Å²) in [6.45, 7) is -0.207. The topological polar surface area (TPSA) is 129 Å². The second-order valence-electron chi connectivity index (χ2n) is 8.82. The van der Waals surface area contributed by atoms with E-state index in [1.807, 2.05) is 0 Å². The summed E-state index contributed by atoms with van der Waals surface area (Å²) in [5.74, 6) is -1.52. The van der Waals surface area contributed by atoms with Crippen molar-refractivity contribution in [3.8, 4) is 23.0 Å². The van der Waals surface area contributed by atoms with Crippen LogP contribution in [-0.2, 0) is 34.0 Å². The molecule has 0 radical (unpaired) electrons. The summed E-state index contributed by atoms with van der Waals surface area (Å²) >= 11 is 6.14. The Hall–Kier alpha value is -4.40. The molecule has 0 aliphatic heterocycles. The number of amides is 1. The fourth-order valence-corrected chi connectivity index (χ4v) is 5.15. The highest BCUT2D eigenvalue weighted by Crippen LogP contribution is 2.33. The number of ether oxygens (including phenoxy) is 3. The Bertz CT molecular complexity index is 1720. The number of benzene rings is 3. The molecule has 2 N–H and O–H groups in total. The van der Waals surface area contributed by atoms with Crippen LogP contribution in [-0.4, -0.2) is 38.5 Å². The van der Waals surface area contributed by atoms with Gasteiger partial charge in [0, 0.05) is 28.9 Å². The zero-order valence-electron chi connectivity index (χ0n) is 22.6. The fourth-order valence-electron chi connectivity index (χ4n) is 3.79. The summed E-state index contributed by atoms with van der Waals surface area (Å²) in [4.78, 5) is 18.8. The van der Waals surface area contributed by atoms with E-state index in [9.17, 15) is 26.4 Å². The number of aromatic nitrogens is 2. The van der Waals surface area contributed by atoms with Crippen molar-refractivity contribution in [1.29, 1.82) is 0 Å². The van der Waals surface area contributed by atoms with Gasteiger partial charge in [-0.15, -0.1) is 0 Å². The van der Waals surface area contributed by atoms with Crippen LogP contribution < -0.4 is 24.2 Å². The number of carbonyl (C=O) groups excluding carboxylic acids is 1. The van der Waals surface area contributed by atoms with Gasteiger partial charge in [0.05, 0.1) is 33.0 Å². The van der Waals surface area contributed by atoms with E-state index in [-0.39, 0.29) is 30.2 Å². The summed E-state index contributed by atoms with van der Waals surface area (Å²) in [7, 11) is -1.47. The first-order chi connectivity index (χ1) is 20.4. The van der Waals surface area contributed by atoms with Crippen LogP contribution in [0.4, 0.5) is 18.9 Å². The Morgan fingerprint density at radius 3 is 2.28 bits per heavy atom. The largest absolute Gasteiger partial charge is 0.497 e. The van der Waals surface area contributed by atoms with E-state index in [1.54, 1.807) is 42.5 Å². The number of rotatable bonds is 11. The van der Waals surface area contributed by atoms with Crippen molar-refractivity contribution in [3.63, 3.8) is 0 Å². The molecule has 0 aliphatic rings. The third kappa shape index (κ3) is 8.12. The molecule has 0 fully saturated rings. The molecule has 3 aromatic carbocycles. The van der Waals surface area contributed by atoms with E-state index in [0.29, 0.717) is 27.6 Å². The van der Waals surface area contributed by atoms with E-state index in [0.717, 1.165) is 18.5 Å². The van der Waals surface area contributed by atoms with Crippen LogP contribution in [0, 0.1) is 0 Å². The molecule has 10 nitrogen and oxygen atoms in total. The minimum absolute atomic E-state index is 0.0849. The lowest BCUT2D eigenvalue weighted by Crippen LogP contribution is -2.24. The van der Waals surface area contributed by atoms with Crippen LogP contribution in [0.3, 0.4) is 0 Å². The highest BCUT2D eigenvalue weighted by atomic mass is 35.5. The molecule has 0 bridgehead atoms. The lowest BCUT2D eigenvalue weighted by atomic mass is 10.1. The minimum atomic E-state index is -4.77. The van der Waals surface area contributed by atoms with E-state index in [1.165, 1.54) is 26.4 Å². The number of sulfonamides is 1. The van der Waals surface area contributed by atoms with E-state index < -0.39 is 32.8 Å². The van der Waals surface area contributed by atoms with Gasteiger partial charge >= 0.3 is 6.18 Å². The van der Waals surface area contributed by atoms with Gasteiger partial charge in [0.2, 0.25) is 21.8 Å². The normalized spacial score (nSPS) is 11.6. The number of halogens is 4. The Morgan fingerprint density at radius 2 is 1.63 bits per heavy atom. The van der Waals surface area contributed by atoms with Crippen LogP contribution in [0.1, 0.15) is 17.0 Å². The number of anilines is 1. The monoisotopic (exact) mass is 636 g/mol. The van der Waals surface area contributed by atoms with Gasteiger partial charge in [0.1, 0.15) is 22.1 Å². The number of nitrogens with zero attached hydrogens (tertiary/aromatic N) is 2. The number of hydrogen-bond donors (Lipinski definition) is 2. The Kier molecular flexibility index (Phi) is 9.73. The summed E-state index contributed by atoms with van der Waals surface area (Å²) in [6, 6.07) is 15.3. The van der Waals surface area contributed by atoms with Crippen molar-refractivity contribution in [2.45, 2.75) is 24.0 Å². The summed E-state index contributed by atoms with van der Waals surface area (Å²) in [6.07, 6.45) is -3.33. The molecule has 0 unspecified atom stereocenters. The van der Waals surface area contributed by atoms with Gasteiger partial charge in [-0.1, -0.05) is 35.9 Å². The third-order valence-corrected chi connectivity index (χ3v) is 7.67. The second-order valence-corrected chi connectivity index (χ2v) is 11.0. The van der Waals surface area contributed by atoms with Crippen LogP contribution in [0.15, 0.2) is 78.0 Å². The average molecular weight is 637 g/mol. The fraction of sp³-hybridized carbons (Fsp3) is 0.179. The zero-order valence-corrected chi connectivity index (χ0v) is 24.2. The number of methoxy groups -OCH3 is 2. The zero-order chi connectivity index (χ0) is 31.2. The highest BCUT2D eigenvalue weighted by Gasteiger charge is 2.34. The van der Waals surface area contributed by atoms with Crippen molar-refractivity contribution in [2.75, 3.05) is 19.5 Å². The van der Waals surface area contributed by atoms with Crippen LogP contribution in [0.25, 0.3) is 0 Å². The predicted octanol–water partition coefficient (Wildman–Crippen LogP) is 5.62. The van der Waals surface area contributed by atoms with Crippen molar-refractivity contribution in [3.05, 3.63) is 95.0 Å². The molecule has 0 aliphatic carbocycles. The van der Waals surface area contributed by atoms with Crippen LogP contribution in [0.5, 0.6) is 23.0 Å². The van der Waals surface area contributed by atoms with Gasteiger partial charge < -0.3 is 19.5 Å². The molecule has 1 heterocycles. The average Bonchev–Trinajstić information content (AvgIpc) is 2.97. The maximum Gasteiger partial charge on any atom is 0.451 e. The molecule has 0 atom stereocenters. The number of hydrogen-bond acceptors (Lipinski definition) is 8. The quantitative estimate of drug-likeness (QED) is 0.217. The van der Waals surface area contributed by atoms with E-state index in [2.05, 4.69) is 20.0 Å². The van der Waals surface area contributed by atoms with Gasteiger partial charge in [-0.3, -0.25) is 4.79 Å². The number of alkyl halides is 3. The minimum Gasteiger partial charge on any atom is -0.497 e. The molecule has 1 aromatic heterocycles. The standard InChI is InChI=1S/C28H24ClF3N4O6S/c1-40-20-9-7-18(24(13-20)41-2)14-35-43(38,39)25-12-19(36-26(37)11-17-5-3-4-6-22(17)29)8-10-23(25)42-21-15-33-27(34-16-21)28(30,31)32/h3-10,12-13,15-16,35H,11,14H2,1-2H3,(H,36,37). The van der Waals surface area contributed by atoms with Gasteiger partial charge in [0.15, 0.2) is 5.75 Å². The van der Waals surface area contributed by atoms with Crippen LogP contribution in [0.2, 0.25) is 5.02 Å². The van der Waals surface area contributed by atoms with Crippen molar-refractivity contribution in [2.24, 2.45) is 0 Å². The van der Waals surface area contributed by atoms with E-state index >= 15 is 0 Å².